The topological polar surface area (TPSA) is 125 Å². The number of nitrogens with zero attached hydrogens (tertiary/aromatic N) is 9. The van der Waals surface area contributed by atoms with Crippen LogP contribution in [0.5, 0.6) is 0 Å². The molecule has 11 nitrogen and oxygen atoms in total. The molecule has 0 aromatic carbocycles. The van der Waals surface area contributed by atoms with E-state index in [0.717, 1.165) is 23.4 Å². The molecule has 12 heteroatoms. The van der Waals surface area contributed by atoms with E-state index in [0.29, 0.717) is 5.82 Å². The zero-order valence-corrected chi connectivity index (χ0v) is 17.9. The van der Waals surface area contributed by atoms with E-state index >= 15 is 0 Å². The first-order valence-corrected chi connectivity index (χ1v) is 11.6. The normalized spacial score (nSPS) is 20.8. The molecular weight excluding hydrogens is 418 g/mol. The van der Waals surface area contributed by atoms with E-state index in [-0.39, 0.29) is 25.4 Å². The van der Waals surface area contributed by atoms with Gasteiger partial charge in [0.2, 0.25) is 10.0 Å². The van der Waals surface area contributed by atoms with Crippen molar-refractivity contribution in [2.24, 2.45) is 5.10 Å². The number of likely N-dealkylation sites (N-methyl/N-ethyl adjacent to an activating group) is 1. The summed E-state index contributed by atoms with van der Waals surface area (Å²) in [5.41, 5.74) is 1.73. The van der Waals surface area contributed by atoms with E-state index in [9.17, 15) is 13.7 Å². The largest absolute Gasteiger partial charge is 0.299 e. The van der Waals surface area contributed by atoms with E-state index in [1.807, 2.05) is 41.1 Å². The van der Waals surface area contributed by atoms with Crippen molar-refractivity contribution in [1.29, 1.82) is 5.26 Å². The number of imidazole rings is 1. The van der Waals surface area contributed by atoms with Gasteiger partial charge in [-0.3, -0.25) is 14.1 Å². The first kappa shape index (κ1) is 19.7. The van der Waals surface area contributed by atoms with Crippen LogP contribution in [0, 0.1) is 11.3 Å². The summed E-state index contributed by atoms with van der Waals surface area (Å²) >= 11 is 0. The standard InChI is InChI=1S/C19H21N9O2S/c1-25-10-14(8-22-25)16-7-17-21-5-6-27(17)18(24-16)15-9-23-28(11-15)19(3-4-20)12-26(13-19)31(2,29)30/h5-9,11,14H,3,10,12-13H2,1-2H3. The lowest BCUT2D eigenvalue weighted by atomic mass is 9.89. The van der Waals surface area contributed by atoms with Gasteiger partial charge in [-0.2, -0.15) is 19.8 Å². The van der Waals surface area contributed by atoms with E-state index in [4.69, 9.17) is 4.98 Å². The van der Waals surface area contributed by atoms with Crippen molar-refractivity contribution >= 4 is 21.9 Å². The third-order valence-corrected chi connectivity index (χ3v) is 7.04. The van der Waals surface area contributed by atoms with E-state index in [2.05, 4.69) is 21.3 Å². The predicted molar refractivity (Wildman–Crippen MR) is 113 cm³/mol. The van der Waals surface area contributed by atoms with Crippen molar-refractivity contribution in [3.63, 3.8) is 0 Å². The fourth-order valence-corrected chi connectivity index (χ4v) is 5.06. The molecule has 0 spiro atoms. The van der Waals surface area contributed by atoms with Crippen molar-refractivity contribution < 1.29 is 8.42 Å². The summed E-state index contributed by atoms with van der Waals surface area (Å²) in [5.74, 6) is 0.756. The average molecular weight is 440 g/mol. The molecule has 5 rings (SSSR count). The van der Waals surface area contributed by atoms with Crippen LogP contribution < -0.4 is 0 Å². The van der Waals surface area contributed by atoms with Gasteiger partial charge in [0.05, 0.1) is 42.1 Å². The molecule has 1 fully saturated rings. The van der Waals surface area contributed by atoms with E-state index < -0.39 is 15.6 Å². The molecule has 3 aromatic heterocycles. The summed E-state index contributed by atoms with van der Waals surface area (Å²) in [5, 5.41) is 20.0. The maximum absolute atomic E-state index is 11.8. The zero-order chi connectivity index (χ0) is 21.8. The Hall–Kier alpha value is -3.30. The molecule has 0 aliphatic carbocycles. The van der Waals surface area contributed by atoms with Gasteiger partial charge in [0.15, 0.2) is 0 Å². The van der Waals surface area contributed by atoms with Gasteiger partial charge in [-0.1, -0.05) is 0 Å². The summed E-state index contributed by atoms with van der Waals surface area (Å²) in [6.45, 7) is 1.19. The highest BCUT2D eigenvalue weighted by Gasteiger charge is 2.49. The van der Waals surface area contributed by atoms with Gasteiger partial charge in [0.25, 0.3) is 0 Å². The molecule has 2 aliphatic heterocycles. The lowest BCUT2D eigenvalue weighted by Gasteiger charge is -2.47. The molecule has 3 aromatic rings. The molecule has 1 atom stereocenters. The molecule has 0 radical (unpaired) electrons. The van der Waals surface area contributed by atoms with Crippen LogP contribution in [0.4, 0.5) is 0 Å². The summed E-state index contributed by atoms with van der Waals surface area (Å²) in [7, 11) is -1.39. The molecule has 0 N–H and O–H groups in total. The Balaban J connectivity index is 1.53. The summed E-state index contributed by atoms with van der Waals surface area (Å²) in [6.07, 6.45) is 10.3. The van der Waals surface area contributed by atoms with Crippen molar-refractivity contribution in [3.8, 4) is 17.5 Å². The van der Waals surface area contributed by atoms with E-state index in [1.165, 1.54) is 10.6 Å². The fourth-order valence-electron chi connectivity index (χ4n) is 4.11. The number of nitriles is 1. The first-order valence-electron chi connectivity index (χ1n) is 9.76. The Labute approximate surface area is 179 Å². The van der Waals surface area contributed by atoms with Crippen molar-refractivity contribution in [1.82, 2.24) is 33.5 Å². The SMILES string of the molecule is CN1CC(c2cc3nccn3c(-c3cnn(C4(CC#N)CN(S(C)(=O)=O)C4)c3)n2)C=N1. The Bertz CT molecular complexity index is 1330. The van der Waals surface area contributed by atoms with Crippen molar-refractivity contribution in [2.45, 2.75) is 17.9 Å². The predicted octanol–water partition coefficient (Wildman–Crippen LogP) is 0.492. The Kier molecular flexibility index (Phi) is 4.35. The Morgan fingerprint density at radius 1 is 1.35 bits per heavy atom. The van der Waals surface area contributed by atoms with Gasteiger partial charge in [0, 0.05) is 57.6 Å². The highest BCUT2D eigenvalue weighted by Crippen LogP contribution is 2.35. The van der Waals surface area contributed by atoms with E-state index in [1.54, 1.807) is 17.1 Å². The molecule has 5 heterocycles. The Morgan fingerprint density at radius 2 is 2.16 bits per heavy atom. The fraction of sp³-hybridized carbons (Fsp3) is 0.421. The quantitative estimate of drug-likeness (QED) is 0.566. The molecule has 1 unspecified atom stereocenters. The highest BCUT2D eigenvalue weighted by atomic mass is 32.2. The second-order valence-corrected chi connectivity index (χ2v) is 10.1. The first-order chi connectivity index (χ1) is 14.8. The number of sulfonamides is 1. The van der Waals surface area contributed by atoms with Crippen LogP contribution in [0.3, 0.4) is 0 Å². The van der Waals surface area contributed by atoms with Gasteiger partial charge in [-0.05, 0) is 0 Å². The second-order valence-electron chi connectivity index (χ2n) is 8.14. The third kappa shape index (κ3) is 3.26. The monoisotopic (exact) mass is 439 g/mol. The van der Waals surface area contributed by atoms with Crippen LogP contribution in [0.25, 0.3) is 17.0 Å². The summed E-state index contributed by atoms with van der Waals surface area (Å²) < 4.78 is 28.6. The van der Waals surface area contributed by atoms with Gasteiger partial charge < -0.3 is 0 Å². The van der Waals surface area contributed by atoms with Crippen LogP contribution in [-0.2, 0) is 15.6 Å². The summed E-state index contributed by atoms with van der Waals surface area (Å²) in [4.78, 5) is 9.31. The highest BCUT2D eigenvalue weighted by molar-refractivity contribution is 7.88. The van der Waals surface area contributed by atoms with Crippen LogP contribution in [-0.4, -0.2) is 81.0 Å². The number of hydrogen-bond donors (Lipinski definition) is 0. The second kappa shape index (κ2) is 6.86. The molecule has 0 saturated carbocycles. The number of hydrogen-bond acceptors (Lipinski definition) is 8. The van der Waals surface area contributed by atoms with Crippen LogP contribution >= 0.6 is 0 Å². The number of rotatable bonds is 5. The molecular formula is C19H21N9O2S. The van der Waals surface area contributed by atoms with Crippen molar-refractivity contribution in [2.75, 3.05) is 32.9 Å². The zero-order valence-electron chi connectivity index (χ0n) is 17.1. The Morgan fingerprint density at radius 3 is 2.84 bits per heavy atom. The average Bonchev–Trinajstić information content (AvgIpc) is 3.42. The lowest BCUT2D eigenvalue weighted by molar-refractivity contribution is 0.0724. The molecule has 0 amide bonds. The molecule has 160 valence electrons. The van der Waals surface area contributed by atoms with Gasteiger partial charge >= 0.3 is 0 Å². The van der Waals surface area contributed by atoms with Gasteiger partial charge in [0.1, 0.15) is 17.0 Å². The minimum Gasteiger partial charge on any atom is -0.299 e. The van der Waals surface area contributed by atoms with Crippen molar-refractivity contribution in [3.05, 3.63) is 36.5 Å². The molecule has 2 aliphatic rings. The van der Waals surface area contributed by atoms with Crippen LogP contribution in [0.1, 0.15) is 18.0 Å². The van der Waals surface area contributed by atoms with Gasteiger partial charge in [-0.15, -0.1) is 0 Å². The number of aromatic nitrogens is 5. The number of fused-ring (bicyclic) bond motifs is 1. The molecule has 1 saturated heterocycles. The molecule has 31 heavy (non-hydrogen) atoms. The maximum Gasteiger partial charge on any atom is 0.211 e. The summed E-state index contributed by atoms with van der Waals surface area (Å²) in [6, 6.07) is 4.13. The van der Waals surface area contributed by atoms with Gasteiger partial charge in [-0.25, -0.2) is 18.4 Å². The third-order valence-electron chi connectivity index (χ3n) is 5.84. The maximum atomic E-state index is 11.8. The minimum absolute atomic E-state index is 0.0698. The number of hydrazone groups is 1. The van der Waals surface area contributed by atoms with Crippen LogP contribution in [0.2, 0.25) is 0 Å². The smallest absolute Gasteiger partial charge is 0.211 e. The minimum atomic E-state index is -3.31. The lowest BCUT2D eigenvalue weighted by Crippen LogP contribution is -2.63. The molecule has 0 bridgehead atoms. The van der Waals surface area contributed by atoms with Crippen LogP contribution in [0.15, 0.2) is 36.0 Å².